The molecule has 0 heterocycles. The van der Waals surface area contributed by atoms with E-state index in [0.29, 0.717) is 12.3 Å². The fourth-order valence-electron chi connectivity index (χ4n) is 1.78. The van der Waals surface area contributed by atoms with Crippen LogP contribution in [0.1, 0.15) is 32.6 Å². The largest absolute Gasteiger partial charge is 0.355 e. The lowest BCUT2D eigenvalue weighted by molar-refractivity contribution is -0.126. The van der Waals surface area contributed by atoms with Crippen LogP contribution in [0.4, 0.5) is 0 Å². The highest BCUT2D eigenvalue weighted by molar-refractivity contribution is 6.53. The first-order valence-corrected chi connectivity index (χ1v) is 5.87. The van der Waals surface area contributed by atoms with E-state index in [1.807, 2.05) is 6.92 Å². The van der Waals surface area contributed by atoms with Gasteiger partial charge in [0.1, 0.15) is 4.33 Å². The van der Waals surface area contributed by atoms with Crippen molar-refractivity contribution in [1.82, 2.24) is 5.32 Å². The molecule has 14 heavy (non-hydrogen) atoms. The Morgan fingerprint density at radius 2 is 2.07 bits per heavy atom. The number of rotatable bonds is 3. The normalized spacial score (nSPS) is 34.8. The minimum atomic E-state index is -0.837. The minimum Gasteiger partial charge on any atom is -0.355 e. The van der Waals surface area contributed by atoms with Crippen LogP contribution in [0.5, 0.6) is 0 Å². The number of hydrogen-bond acceptors (Lipinski definition) is 1. The molecule has 2 rings (SSSR count). The van der Waals surface area contributed by atoms with Crippen LogP contribution < -0.4 is 5.32 Å². The summed E-state index contributed by atoms with van der Waals surface area (Å²) in [5.74, 6) is 0.691. The third-order valence-electron chi connectivity index (χ3n) is 3.54. The Morgan fingerprint density at radius 3 is 2.43 bits per heavy atom. The number of nitrogens with one attached hydrogen (secondary N) is 1. The molecule has 0 bridgehead atoms. The van der Waals surface area contributed by atoms with Gasteiger partial charge in [-0.1, -0.05) is 6.42 Å². The minimum absolute atomic E-state index is 0.00870. The van der Waals surface area contributed by atoms with E-state index in [0.717, 1.165) is 6.54 Å². The summed E-state index contributed by atoms with van der Waals surface area (Å²) in [6.45, 7) is 2.61. The topological polar surface area (TPSA) is 29.1 Å². The van der Waals surface area contributed by atoms with Crippen LogP contribution in [0, 0.1) is 11.3 Å². The molecule has 0 aromatic heterocycles. The maximum atomic E-state index is 11.7. The van der Waals surface area contributed by atoms with Crippen LogP contribution in [0.3, 0.4) is 0 Å². The zero-order valence-corrected chi connectivity index (χ0v) is 9.79. The van der Waals surface area contributed by atoms with Crippen LogP contribution in [0.2, 0.25) is 0 Å². The molecule has 0 saturated heterocycles. The van der Waals surface area contributed by atoms with Crippen LogP contribution >= 0.6 is 23.2 Å². The molecule has 0 radical (unpaired) electrons. The molecule has 2 aliphatic rings. The van der Waals surface area contributed by atoms with Gasteiger partial charge in [-0.05, 0) is 32.1 Å². The highest BCUT2D eigenvalue weighted by atomic mass is 35.5. The SMILES string of the molecule is CC1(C(=O)NCC2CCC2)CC1(Cl)Cl. The molecule has 0 spiro atoms. The first-order chi connectivity index (χ1) is 6.46. The molecule has 1 amide bonds. The third-order valence-corrected chi connectivity index (χ3v) is 4.64. The molecule has 1 atom stereocenters. The first kappa shape index (κ1) is 10.6. The van der Waals surface area contributed by atoms with Crippen molar-refractivity contribution in [1.29, 1.82) is 0 Å². The van der Waals surface area contributed by atoms with Gasteiger partial charge in [-0.15, -0.1) is 23.2 Å². The second kappa shape index (κ2) is 3.28. The molecular formula is C10H15Cl2NO. The van der Waals surface area contributed by atoms with Gasteiger partial charge in [0.25, 0.3) is 0 Å². The summed E-state index contributed by atoms with van der Waals surface area (Å²) < 4.78 is -0.837. The molecule has 1 unspecified atom stereocenters. The number of halogens is 2. The Labute approximate surface area is 94.3 Å². The molecule has 0 aliphatic heterocycles. The van der Waals surface area contributed by atoms with E-state index in [2.05, 4.69) is 5.32 Å². The van der Waals surface area contributed by atoms with Gasteiger partial charge in [0, 0.05) is 6.54 Å². The second-order valence-corrected chi connectivity index (χ2v) is 6.20. The summed E-state index contributed by atoms with van der Waals surface area (Å²) in [6.07, 6.45) is 4.35. The molecule has 0 aromatic rings. The second-order valence-electron chi connectivity index (χ2n) is 4.72. The molecule has 2 fully saturated rings. The average Bonchev–Trinajstić information content (AvgIpc) is 2.49. The monoisotopic (exact) mass is 235 g/mol. The molecule has 4 heteroatoms. The van der Waals surface area contributed by atoms with Crippen molar-refractivity contribution in [2.24, 2.45) is 11.3 Å². The summed E-state index contributed by atoms with van der Waals surface area (Å²) in [6, 6.07) is 0. The molecule has 2 saturated carbocycles. The van der Waals surface area contributed by atoms with Gasteiger partial charge >= 0.3 is 0 Å². The maximum Gasteiger partial charge on any atom is 0.229 e. The number of alkyl halides is 2. The fourth-order valence-corrected chi connectivity index (χ4v) is 2.48. The Hall–Kier alpha value is 0.0500. The fraction of sp³-hybridized carbons (Fsp3) is 0.900. The third kappa shape index (κ3) is 1.63. The lowest BCUT2D eigenvalue weighted by Gasteiger charge is -2.26. The summed E-state index contributed by atoms with van der Waals surface area (Å²) in [7, 11) is 0. The first-order valence-electron chi connectivity index (χ1n) is 5.12. The lowest BCUT2D eigenvalue weighted by atomic mass is 9.85. The van der Waals surface area contributed by atoms with Crippen molar-refractivity contribution in [3.8, 4) is 0 Å². The van der Waals surface area contributed by atoms with Gasteiger partial charge in [0.05, 0.1) is 5.41 Å². The van der Waals surface area contributed by atoms with E-state index in [1.165, 1.54) is 19.3 Å². The predicted molar refractivity (Wildman–Crippen MR) is 57.5 cm³/mol. The Kier molecular flexibility index (Phi) is 2.47. The van der Waals surface area contributed by atoms with Gasteiger partial charge in [-0.2, -0.15) is 0 Å². The quantitative estimate of drug-likeness (QED) is 0.749. The van der Waals surface area contributed by atoms with Crippen molar-refractivity contribution in [2.75, 3.05) is 6.54 Å². The summed E-state index contributed by atoms with van der Waals surface area (Å²) in [5, 5.41) is 2.93. The molecule has 80 valence electrons. The Bertz CT molecular complexity index is 263. The van der Waals surface area contributed by atoms with Crippen molar-refractivity contribution in [2.45, 2.75) is 36.9 Å². The van der Waals surface area contributed by atoms with E-state index in [4.69, 9.17) is 23.2 Å². The van der Waals surface area contributed by atoms with Crippen molar-refractivity contribution in [3.05, 3.63) is 0 Å². The number of carbonyl (C=O) groups is 1. The zero-order chi connectivity index (χ0) is 10.4. The number of amides is 1. The van der Waals surface area contributed by atoms with Crippen LogP contribution in [-0.2, 0) is 4.79 Å². The number of hydrogen-bond donors (Lipinski definition) is 1. The summed E-state index contributed by atoms with van der Waals surface area (Å²) >= 11 is 11.8. The zero-order valence-electron chi connectivity index (χ0n) is 8.28. The molecule has 1 N–H and O–H groups in total. The lowest BCUT2D eigenvalue weighted by Crippen LogP contribution is -2.38. The van der Waals surface area contributed by atoms with E-state index in [9.17, 15) is 4.79 Å². The van der Waals surface area contributed by atoms with Gasteiger partial charge < -0.3 is 5.32 Å². The highest BCUT2D eigenvalue weighted by Crippen LogP contribution is 2.63. The van der Waals surface area contributed by atoms with Crippen molar-refractivity contribution >= 4 is 29.1 Å². The van der Waals surface area contributed by atoms with Gasteiger partial charge in [0.2, 0.25) is 5.91 Å². The standard InChI is InChI=1S/C10H15Cl2NO/c1-9(6-10(9,11)12)8(14)13-5-7-3-2-4-7/h7H,2-6H2,1H3,(H,13,14). The molecule has 0 aromatic carbocycles. The van der Waals surface area contributed by atoms with Crippen LogP contribution in [0.25, 0.3) is 0 Å². The highest BCUT2D eigenvalue weighted by Gasteiger charge is 2.67. The molecule has 2 nitrogen and oxygen atoms in total. The summed E-state index contributed by atoms with van der Waals surface area (Å²) in [4.78, 5) is 11.7. The van der Waals surface area contributed by atoms with E-state index >= 15 is 0 Å². The van der Waals surface area contributed by atoms with E-state index < -0.39 is 9.75 Å². The van der Waals surface area contributed by atoms with Crippen molar-refractivity contribution in [3.63, 3.8) is 0 Å². The van der Waals surface area contributed by atoms with Crippen LogP contribution in [0.15, 0.2) is 0 Å². The van der Waals surface area contributed by atoms with Crippen molar-refractivity contribution < 1.29 is 4.79 Å². The smallest absolute Gasteiger partial charge is 0.229 e. The molecule has 2 aliphatic carbocycles. The number of carbonyl (C=O) groups excluding carboxylic acids is 1. The Morgan fingerprint density at radius 1 is 1.50 bits per heavy atom. The van der Waals surface area contributed by atoms with Crippen LogP contribution in [-0.4, -0.2) is 16.8 Å². The average molecular weight is 236 g/mol. The Balaban J connectivity index is 1.79. The molecular weight excluding hydrogens is 221 g/mol. The maximum absolute atomic E-state index is 11.7. The van der Waals surface area contributed by atoms with E-state index in [1.54, 1.807) is 0 Å². The van der Waals surface area contributed by atoms with Gasteiger partial charge in [0.15, 0.2) is 0 Å². The summed E-state index contributed by atoms with van der Waals surface area (Å²) in [5.41, 5.74) is -0.556. The predicted octanol–water partition coefficient (Wildman–Crippen LogP) is 2.49. The van der Waals surface area contributed by atoms with E-state index in [-0.39, 0.29) is 5.91 Å². The van der Waals surface area contributed by atoms with Gasteiger partial charge in [-0.3, -0.25) is 4.79 Å². The van der Waals surface area contributed by atoms with Gasteiger partial charge in [-0.25, -0.2) is 0 Å².